The van der Waals surface area contributed by atoms with Crippen molar-refractivity contribution in [2.75, 3.05) is 31.6 Å². The molecule has 0 radical (unpaired) electrons. The molecule has 0 spiro atoms. The van der Waals surface area contributed by atoms with Crippen LogP contribution in [0.4, 0.5) is 19.1 Å². The van der Waals surface area contributed by atoms with E-state index < -0.39 is 24.6 Å². The maximum atomic E-state index is 12.4. The smallest absolute Gasteiger partial charge is 0.389 e. The maximum Gasteiger partial charge on any atom is 0.389 e. The normalized spacial score (nSPS) is 18.4. The first-order chi connectivity index (χ1) is 11.7. The minimum absolute atomic E-state index is 0.139. The van der Waals surface area contributed by atoms with Crippen molar-refractivity contribution >= 4 is 17.8 Å². The van der Waals surface area contributed by atoms with E-state index in [4.69, 9.17) is 0 Å². The van der Waals surface area contributed by atoms with Gasteiger partial charge in [0.1, 0.15) is 12.6 Å². The second kappa shape index (κ2) is 7.66. The lowest BCUT2D eigenvalue weighted by molar-refractivity contribution is -0.148. The minimum atomic E-state index is -4.26. The monoisotopic (exact) mass is 360 g/mol. The number of anilines is 1. The van der Waals surface area contributed by atoms with Crippen LogP contribution in [0.2, 0.25) is 0 Å². The van der Waals surface area contributed by atoms with Crippen molar-refractivity contribution in [2.45, 2.75) is 32.0 Å². The largest absolute Gasteiger partial charge is 0.468 e. The van der Waals surface area contributed by atoms with Crippen LogP contribution in [0.1, 0.15) is 19.0 Å². The Morgan fingerprint density at radius 1 is 1.40 bits per heavy atom. The van der Waals surface area contributed by atoms with E-state index >= 15 is 0 Å². The first-order valence-electron chi connectivity index (χ1n) is 7.72. The fourth-order valence-corrected chi connectivity index (χ4v) is 2.51. The van der Waals surface area contributed by atoms with Crippen molar-refractivity contribution < 1.29 is 27.5 Å². The van der Waals surface area contributed by atoms with Gasteiger partial charge in [0.2, 0.25) is 11.9 Å². The zero-order valence-corrected chi connectivity index (χ0v) is 13.9. The summed E-state index contributed by atoms with van der Waals surface area (Å²) < 4.78 is 41.6. The topological polar surface area (TPSA) is 75.6 Å². The Kier molecular flexibility index (Phi) is 5.81. The Labute approximate surface area is 142 Å². The summed E-state index contributed by atoms with van der Waals surface area (Å²) in [5, 5.41) is 0. The molecule has 1 aliphatic heterocycles. The van der Waals surface area contributed by atoms with Crippen molar-refractivity contribution in [3.05, 3.63) is 18.0 Å². The zero-order chi connectivity index (χ0) is 18.6. The van der Waals surface area contributed by atoms with Gasteiger partial charge in [0, 0.05) is 31.4 Å². The lowest BCUT2D eigenvalue weighted by Gasteiger charge is -2.38. The highest BCUT2D eigenvalue weighted by Crippen LogP contribution is 2.23. The fraction of sp³-hybridized carbons (Fsp3) is 0.600. The maximum absolute atomic E-state index is 12.4. The summed E-state index contributed by atoms with van der Waals surface area (Å²) in [5.41, 5.74) is 0.263. The quantitative estimate of drug-likeness (QED) is 0.734. The van der Waals surface area contributed by atoms with Gasteiger partial charge in [0.25, 0.3) is 0 Å². The number of carbonyl (C=O) groups excluding carboxylic acids is 2. The number of methoxy groups -OCH3 is 1. The Morgan fingerprint density at radius 3 is 2.76 bits per heavy atom. The summed E-state index contributed by atoms with van der Waals surface area (Å²) in [7, 11) is 1.24. The van der Waals surface area contributed by atoms with Gasteiger partial charge in [0.05, 0.1) is 7.11 Å². The number of esters is 1. The average molecular weight is 360 g/mol. The molecule has 7 nitrogen and oxygen atoms in total. The van der Waals surface area contributed by atoms with Crippen LogP contribution in [0.25, 0.3) is 0 Å². The van der Waals surface area contributed by atoms with Gasteiger partial charge in [-0.15, -0.1) is 0 Å². The van der Waals surface area contributed by atoms with Crippen LogP contribution in [0.5, 0.6) is 0 Å². The number of alkyl halides is 3. The van der Waals surface area contributed by atoms with Crippen molar-refractivity contribution in [3.8, 4) is 0 Å². The van der Waals surface area contributed by atoms with Crippen LogP contribution >= 0.6 is 0 Å². The lowest BCUT2D eigenvalue weighted by Crippen LogP contribution is -2.57. The number of amides is 1. The van der Waals surface area contributed by atoms with E-state index in [1.807, 2.05) is 0 Å². The second-order valence-corrected chi connectivity index (χ2v) is 5.67. The van der Waals surface area contributed by atoms with Gasteiger partial charge in [-0.3, -0.25) is 9.59 Å². The van der Waals surface area contributed by atoms with Gasteiger partial charge < -0.3 is 14.5 Å². The first kappa shape index (κ1) is 18.9. The van der Waals surface area contributed by atoms with Crippen molar-refractivity contribution in [3.63, 3.8) is 0 Å². The molecule has 1 fully saturated rings. The number of piperazine rings is 1. The summed E-state index contributed by atoms with van der Waals surface area (Å²) in [6, 6.07) is 0.797. The molecule has 1 saturated heterocycles. The molecule has 1 aromatic rings. The van der Waals surface area contributed by atoms with Crippen molar-refractivity contribution in [1.82, 2.24) is 14.9 Å². The van der Waals surface area contributed by atoms with E-state index in [1.54, 1.807) is 11.8 Å². The predicted octanol–water partition coefficient (Wildman–Crippen LogP) is 1.18. The molecule has 0 bridgehead atoms. The van der Waals surface area contributed by atoms with E-state index in [1.165, 1.54) is 24.3 Å². The number of halogens is 3. The number of hydrogen-bond acceptors (Lipinski definition) is 6. The number of aromatic nitrogens is 2. The third-order valence-electron chi connectivity index (χ3n) is 3.92. The summed E-state index contributed by atoms with van der Waals surface area (Å²) in [5.74, 6) is -0.599. The van der Waals surface area contributed by atoms with Gasteiger partial charge >= 0.3 is 12.1 Å². The summed E-state index contributed by atoms with van der Waals surface area (Å²) >= 11 is 0. The van der Waals surface area contributed by atoms with Crippen LogP contribution in [-0.2, 0) is 20.7 Å². The van der Waals surface area contributed by atoms with E-state index in [9.17, 15) is 22.8 Å². The van der Waals surface area contributed by atoms with Gasteiger partial charge in [-0.05, 0) is 19.4 Å². The van der Waals surface area contributed by atoms with Gasteiger partial charge in [-0.2, -0.15) is 13.2 Å². The van der Waals surface area contributed by atoms with E-state index in [0.717, 1.165) is 0 Å². The third-order valence-corrected chi connectivity index (χ3v) is 3.92. The van der Waals surface area contributed by atoms with Gasteiger partial charge in [-0.25, -0.2) is 9.97 Å². The standard InChI is InChI=1S/C15H19F3N4O3/c1-10-13(24)21(9-12(23)25-2)7-8-22(10)14-19-6-4-11(20-14)3-5-15(16,17)18/h4,6,10H,3,5,7-9H2,1-2H3. The van der Waals surface area contributed by atoms with E-state index in [2.05, 4.69) is 14.7 Å². The summed E-state index contributed by atoms with van der Waals surface area (Å²) in [6.07, 6.45) is -4.09. The molecule has 1 aliphatic rings. The Morgan fingerprint density at radius 2 is 2.12 bits per heavy atom. The number of nitrogens with zero attached hydrogens (tertiary/aromatic N) is 4. The Hall–Kier alpha value is -2.39. The van der Waals surface area contributed by atoms with Crippen LogP contribution in [0, 0.1) is 0 Å². The number of carbonyl (C=O) groups is 2. The van der Waals surface area contributed by atoms with E-state index in [0.29, 0.717) is 6.54 Å². The molecule has 1 aromatic heterocycles. The molecule has 1 amide bonds. The highest BCUT2D eigenvalue weighted by atomic mass is 19.4. The average Bonchev–Trinajstić information content (AvgIpc) is 2.57. The molecule has 0 saturated carbocycles. The highest BCUT2D eigenvalue weighted by Gasteiger charge is 2.34. The molecule has 1 atom stereocenters. The molecule has 138 valence electrons. The summed E-state index contributed by atoms with van der Waals surface area (Å²) in [6.45, 7) is 2.14. The predicted molar refractivity (Wildman–Crippen MR) is 81.8 cm³/mol. The Balaban J connectivity index is 2.07. The van der Waals surface area contributed by atoms with Crippen LogP contribution in [0.15, 0.2) is 12.3 Å². The zero-order valence-electron chi connectivity index (χ0n) is 13.9. The minimum Gasteiger partial charge on any atom is -0.468 e. The molecular formula is C15H19F3N4O3. The number of ether oxygens (including phenoxy) is 1. The van der Waals surface area contributed by atoms with E-state index in [-0.39, 0.29) is 37.1 Å². The summed E-state index contributed by atoms with van der Waals surface area (Å²) in [4.78, 5) is 34.9. The van der Waals surface area contributed by atoms with Crippen LogP contribution < -0.4 is 4.90 Å². The fourth-order valence-electron chi connectivity index (χ4n) is 2.51. The molecule has 0 aliphatic carbocycles. The Bertz CT molecular complexity index is 639. The molecule has 25 heavy (non-hydrogen) atoms. The van der Waals surface area contributed by atoms with Gasteiger partial charge in [0.15, 0.2) is 0 Å². The van der Waals surface area contributed by atoms with Crippen LogP contribution in [0.3, 0.4) is 0 Å². The molecule has 0 aromatic carbocycles. The molecule has 2 rings (SSSR count). The number of aryl methyl sites for hydroxylation is 1. The molecule has 2 heterocycles. The van der Waals surface area contributed by atoms with Crippen molar-refractivity contribution in [1.29, 1.82) is 0 Å². The van der Waals surface area contributed by atoms with Crippen molar-refractivity contribution in [2.24, 2.45) is 0 Å². The number of hydrogen-bond donors (Lipinski definition) is 0. The second-order valence-electron chi connectivity index (χ2n) is 5.67. The van der Waals surface area contributed by atoms with Gasteiger partial charge in [-0.1, -0.05) is 0 Å². The molecule has 10 heteroatoms. The SMILES string of the molecule is COC(=O)CN1CCN(c2nccc(CCC(F)(F)F)n2)C(C)C1=O. The molecule has 0 N–H and O–H groups in total. The molecule has 1 unspecified atom stereocenters. The highest BCUT2D eigenvalue weighted by molar-refractivity contribution is 5.88. The van der Waals surface area contributed by atoms with Crippen LogP contribution in [-0.4, -0.2) is 65.7 Å². The molecular weight excluding hydrogens is 341 g/mol. The first-order valence-corrected chi connectivity index (χ1v) is 7.72. The third kappa shape index (κ3) is 5.04. The lowest BCUT2D eigenvalue weighted by atomic mass is 10.2. The number of rotatable bonds is 5.